The van der Waals surface area contributed by atoms with Crippen LogP contribution in [0.3, 0.4) is 0 Å². The summed E-state index contributed by atoms with van der Waals surface area (Å²) >= 11 is 0. The van der Waals surface area contributed by atoms with Crippen LogP contribution in [0.1, 0.15) is 24.8 Å². The number of piperidine rings is 1. The predicted octanol–water partition coefficient (Wildman–Crippen LogP) is 1.77. The SMILES string of the molecule is NCC1CCCCN1Cc1ccc2c(c1)OCCO2. The van der Waals surface area contributed by atoms with E-state index in [0.717, 1.165) is 31.1 Å². The molecular formula is C15H22N2O2. The van der Waals surface area contributed by atoms with Gasteiger partial charge in [0.1, 0.15) is 13.2 Å². The van der Waals surface area contributed by atoms with Gasteiger partial charge in [-0.05, 0) is 37.1 Å². The highest BCUT2D eigenvalue weighted by Gasteiger charge is 2.21. The van der Waals surface area contributed by atoms with Crippen LogP contribution in [0, 0.1) is 0 Å². The molecule has 0 amide bonds. The Balaban J connectivity index is 1.71. The molecule has 0 bridgehead atoms. The summed E-state index contributed by atoms with van der Waals surface area (Å²) < 4.78 is 11.2. The molecule has 2 N–H and O–H groups in total. The molecule has 3 rings (SSSR count). The number of likely N-dealkylation sites (tertiary alicyclic amines) is 1. The third-order valence-electron chi connectivity index (χ3n) is 4.01. The lowest BCUT2D eigenvalue weighted by Gasteiger charge is -2.35. The van der Waals surface area contributed by atoms with Gasteiger partial charge >= 0.3 is 0 Å². The van der Waals surface area contributed by atoms with Crippen LogP contribution in [0.4, 0.5) is 0 Å². The van der Waals surface area contributed by atoms with E-state index in [1.54, 1.807) is 0 Å². The topological polar surface area (TPSA) is 47.7 Å². The van der Waals surface area contributed by atoms with E-state index in [9.17, 15) is 0 Å². The number of rotatable bonds is 3. The quantitative estimate of drug-likeness (QED) is 0.902. The van der Waals surface area contributed by atoms with Gasteiger partial charge in [0.25, 0.3) is 0 Å². The number of hydrogen-bond donors (Lipinski definition) is 1. The zero-order valence-corrected chi connectivity index (χ0v) is 11.3. The number of fused-ring (bicyclic) bond motifs is 1. The molecule has 0 aromatic heterocycles. The Morgan fingerprint density at radius 2 is 2.00 bits per heavy atom. The van der Waals surface area contributed by atoms with Gasteiger partial charge in [0.05, 0.1) is 0 Å². The van der Waals surface area contributed by atoms with E-state index in [1.807, 2.05) is 6.07 Å². The molecule has 1 saturated heterocycles. The van der Waals surface area contributed by atoms with E-state index in [4.69, 9.17) is 15.2 Å². The Morgan fingerprint density at radius 3 is 2.84 bits per heavy atom. The number of ether oxygens (including phenoxy) is 2. The summed E-state index contributed by atoms with van der Waals surface area (Å²) in [6.45, 7) is 4.15. The minimum absolute atomic E-state index is 0.530. The lowest BCUT2D eigenvalue weighted by molar-refractivity contribution is 0.143. The second kappa shape index (κ2) is 5.80. The molecule has 0 spiro atoms. The van der Waals surface area contributed by atoms with Gasteiger partial charge in [0.15, 0.2) is 11.5 Å². The molecule has 4 heteroatoms. The molecule has 0 aliphatic carbocycles. The smallest absolute Gasteiger partial charge is 0.161 e. The normalized spacial score (nSPS) is 23.3. The number of benzene rings is 1. The van der Waals surface area contributed by atoms with E-state index in [2.05, 4.69) is 17.0 Å². The summed E-state index contributed by atoms with van der Waals surface area (Å²) in [5, 5.41) is 0. The maximum Gasteiger partial charge on any atom is 0.161 e. The molecule has 1 aromatic carbocycles. The van der Waals surface area contributed by atoms with Crippen molar-refractivity contribution in [2.75, 3.05) is 26.3 Å². The van der Waals surface area contributed by atoms with Crippen molar-refractivity contribution in [3.8, 4) is 11.5 Å². The van der Waals surface area contributed by atoms with Crippen LogP contribution in [0.5, 0.6) is 11.5 Å². The molecule has 2 heterocycles. The monoisotopic (exact) mass is 262 g/mol. The van der Waals surface area contributed by atoms with Gasteiger partial charge in [-0.15, -0.1) is 0 Å². The molecule has 104 valence electrons. The average Bonchev–Trinajstić information content (AvgIpc) is 2.48. The van der Waals surface area contributed by atoms with Crippen LogP contribution >= 0.6 is 0 Å². The molecule has 0 saturated carbocycles. The first-order valence-corrected chi connectivity index (χ1v) is 7.19. The van der Waals surface area contributed by atoms with Crippen molar-refractivity contribution in [3.05, 3.63) is 23.8 Å². The number of nitrogens with two attached hydrogens (primary N) is 1. The van der Waals surface area contributed by atoms with E-state index < -0.39 is 0 Å². The van der Waals surface area contributed by atoms with Gasteiger partial charge in [0.2, 0.25) is 0 Å². The van der Waals surface area contributed by atoms with Gasteiger partial charge in [-0.1, -0.05) is 12.5 Å². The fraction of sp³-hybridized carbons (Fsp3) is 0.600. The second-order valence-corrected chi connectivity index (χ2v) is 5.33. The zero-order chi connectivity index (χ0) is 13.1. The predicted molar refractivity (Wildman–Crippen MR) is 74.5 cm³/mol. The van der Waals surface area contributed by atoms with Gasteiger partial charge in [-0.25, -0.2) is 0 Å². The first-order chi connectivity index (χ1) is 9.36. The lowest BCUT2D eigenvalue weighted by Crippen LogP contribution is -2.43. The van der Waals surface area contributed by atoms with E-state index in [1.165, 1.54) is 24.8 Å². The Bertz CT molecular complexity index is 436. The van der Waals surface area contributed by atoms with Crippen molar-refractivity contribution in [1.29, 1.82) is 0 Å². The van der Waals surface area contributed by atoms with Crippen molar-refractivity contribution in [1.82, 2.24) is 4.90 Å². The molecule has 2 aliphatic heterocycles. The van der Waals surface area contributed by atoms with Crippen LogP contribution in [0.25, 0.3) is 0 Å². The van der Waals surface area contributed by atoms with Crippen molar-refractivity contribution >= 4 is 0 Å². The van der Waals surface area contributed by atoms with Crippen molar-refractivity contribution in [2.45, 2.75) is 31.8 Å². The fourth-order valence-electron chi connectivity index (χ4n) is 2.96. The highest BCUT2D eigenvalue weighted by Crippen LogP contribution is 2.31. The first kappa shape index (κ1) is 12.8. The van der Waals surface area contributed by atoms with Crippen LogP contribution < -0.4 is 15.2 Å². The molecule has 1 aromatic rings. The minimum atomic E-state index is 0.530. The molecule has 0 radical (unpaired) electrons. The van der Waals surface area contributed by atoms with Crippen molar-refractivity contribution < 1.29 is 9.47 Å². The summed E-state index contributed by atoms with van der Waals surface area (Å²) in [5.74, 6) is 1.74. The van der Waals surface area contributed by atoms with Crippen molar-refractivity contribution in [3.63, 3.8) is 0 Å². The Kier molecular flexibility index (Phi) is 3.89. The van der Waals surface area contributed by atoms with Gasteiger partial charge in [-0.3, -0.25) is 4.90 Å². The molecule has 1 fully saturated rings. The average molecular weight is 262 g/mol. The van der Waals surface area contributed by atoms with Gasteiger partial charge < -0.3 is 15.2 Å². The number of hydrogen-bond acceptors (Lipinski definition) is 4. The fourth-order valence-corrected chi connectivity index (χ4v) is 2.96. The van der Waals surface area contributed by atoms with E-state index >= 15 is 0 Å². The summed E-state index contributed by atoms with van der Waals surface area (Å²) in [7, 11) is 0. The molecular weight excluding hydrogens is 240 g/mol. The highest BCUT2D eigenvalue weighted by atomic mass is 16.6. The standard InChI is InChI=1S/C15H22N2O2/c16-10-13-3-1-2-6-17(13)11-12-4-5-14-15(9-12)19-8-7-18-14/h4-5,9,13H,1-3,6-8,10-11,16H2. The Morgan fingerprint density at radius 1 is 1.16 bits per heavy atom. The van der Waals surface area contributed by atoms with Crippen LogP contribution in [0.2, 0.25) is 0 Å². The van der Waals surface area contributed by atoms with E-state index in [-0.39, 0.29) is 0 Å². The third-order valence-corrected chi connectivity index (χ3v) is 4.01. The van der Waals surface area contributed by atoms with Crippen LogP contribution in [0.15, 0.2) is 18.2 Å². The third kappa shape index (κ3) is 2.85. The first-order valence-electron chi connectivity index (χ1n) is 7.19. The summed E-state index contributed by atoms with van der Waals surface area (Å²) in [6, 6.07) is 6.79. The van der Waals surface area contributed by atoms with Gasteiger partial charge in [-0.2, -0.15) is 0 Å². The molecule has 2 aliphatic rings. The Labute approximate surface area is 114 Å². The van der Waals surface area contributed by atoms with Crippen LogP contribution in [-0.4, -0.2) is 37.2 Å². The molecule has 1 unspecified atom stereocenters. The number of nitrogens with zero attached hydrogens (tertiary/aromatic N) is 1. The zero-order valence-electron chi connectivity index (χ0n) is 11.3. The summed E-state index contributed by atoms with van der Waals surface area (Å²) in [6.07, 6.45) is 3.81. The largest absolute Gasteiger partial charge is 0.486 e. The lowest BCUT2D eigenvalue weighted by atomic mass is 10.0. The second-order valence-electron chi connectivity index (χ2n) is 5.33. The highest BCUT2D eigenvalue weighted by molar-refractivity contribution is 5.43. The maximum absolute atomic E-state index is 5.87. The molecule has 1 atom stereocenters. The molecule has 19 heavy (non-hydrogen) atoms. The summed E-state index contributed by atoms with van der Waals surface area (Å²) in [4.78, 5) is 2.49. The maximum atomic E-state index is 5.87. The van der Waals surface area contributed by atoms with Crippen molar-refractivity contribution in [2.24, 2.45) is 5.73 Å². The van der Waals surface area contributed by atoms with E-state index in [0.29, 0.717) is 19.3 Å². The minimum Gasteiger partial charge on any atom is -0.486 e. The summed E-state index contributed by atoms with van der Waals surface area (Å²) in [5.41, 5.74) is 7.15. The Hall–Kier alpha value is -1.26. The van der Waals surface area contributed by atoms with Crippen LogP contribution in [-0.2, 0) is 6.54 Å². The molecule has 4 nitrogen and oxygen atoms in total. The van der Waals surface area contributed by atoms with Gasteiger partial charge in [0, 0.05) is 19.1 Å².